The van der Waals surface area contributed by atoms with Crippen molar-refractivity contribution in [1.82, 2.24) is 20.4 Å². The van der Waals surface area contributed by atoms with Gasteiger partial charge in [0.2, 0.25) is 0 Å². The van der Waals surface area contributed by atoms with Gasteiger partial charge in [0.15, 0.2) is 5.96 Å². The highest BCUT2D eigenvalue weighted by Crippen LogP contribution is 2.27. The van der Waals surface area contributed by atoms with E-state index in [4.69, 9.17) is 4.74 Å². The molecule has 6 heteroatoms. The highest BCUT2D eigenvalue weighted by molar-refractivity contribution is 5.79. The van der Waals surface area contributed by atoms with Gasteiger partial charge >= 0.3 is 0 Å². The lowest BCUT2D eigenvalue weighted by Gasteiger charge is -2.15. The first-order chi connectivity index (χ1) is 14.7. The first-order valence-electron chi connectivity index (χ1n) is 10.5. The van der Waals surface area contributed by atoms with E-state index >= 15 is 0 Å². The zero-order valence-electron chi connectivity index (χ0n) is 17.6. The van der Waals surface area contributed by atoms with Gasteiger partial charge in [0.05, 0.1) is 17.9 Å². The molecule has 2 heterocycles. The number of ether oxygens (including phenoxy) is 1. The van der Waals surface area contributed by atoms with Gasteiger partial charge in [-0.15, -0.1) is 0 Å². The molecule has 0 amide bonds. The van der Waals surface area contributed by atoms with Crippen LogP contribution in [0.1, 0.15) is 23.2 Å². The summed E-state index contributed by atoms with van der Waals surface area (Å²) in [4.78, 5) is 4.33. The molecule has 0 spiro atoms. The van der Waals surface area contributed by atoms with Gasteiger partial charge in [0.25, 0.3) is 0 Å². The summed E-state index contributed by atoms with van der Waals surface area (Å²) in [6.07, 6.45) is 5.20. The van der Waals surface area contributed by atoms with Gasteiger partial charge in [-0.1, -0.05) is 36.4 Å². The maximum absolute atomic E-state index is 5.98. The molecule has 3 aromatic rings. The Bertz CT molecular complexity index is 971. The summed E-state index contributed by atoms with van der Waals surface area (Å²) in [6, 6.07) is 18.5. The monoisotopic (exact) mass is 403 g/mol. The Kier molecular flexibility index (Phi) is 6.32. The molecule has 2 aromatic carbocycles. The standard InChI is InChI=1S/C24H29N5O/c1-18-20(17-29(28-18)21-11-4-3-5-12-21)10-8-14-26-24(25-2)27-16-22-15-19-9-6-7-13-23(19)30-22/h3-7,9,11-13,17,22H,8,10,14-16H2,1-2H3,(H2,25,26,27). The fraction of sp³-hybridized carbons (Fsp3) is 0.333. The SMILES string of the molecule is CN=C(NCCCc1cn(-c2ccccc2)nc1C)NCC1Cc2ccccc2O1. The minimum atomic E-state index is 0.146. The van der Waals surface area contributed by atoms with Crippen molar-refractivity contribution in [3.8, 4) is 11.4 Å². The van der Waals surface area contributed by atoms with E-state index in [1.54, 1.807) is 7.05 Å². The van der Waals surface area contributed by atoms with Crippen LogP contribution in [0, 0.1) is 6.92 Å². The Morgan fingerprint density at radius 3 is 2.73 bits per heavy atom. The number of rotatable bonds is 7. The number of hydrogen-bond acceptors (Lipinski definition) is 3. The lowest BCUT2D eigenvalue weighted by atomic mass is 10.1. The molecular weight excluding hydrogens is 374 g/mol. The number of fused-ring (bicyclic) bond motifs is 1. The van der Waals surface area contributed by atoms with E-state index < -0.39 is 0 Å². The molecule has 0 aliphatic carbocycles. The number of aryl methyl sites for hydroxylation is 2. The summed E-state index contributed by atoms with van der Waals surface area (Å²) in [5.74, 6) is 1.81. The average Bonchev–Trinajstić information content (AvgIpc) is 3.37. The van der Waals surface area contributed by atoms with Gasteiger partial charge in [-0.05, 0) is 49.1 Å². The third-order valence-electron chi connectivity index (χ3n) is 5.37. The molecule has 6 nitrogen and oxygen atoms in total. The van der Waals surface area contributed by atoms with Gasteiger partial charge in [0, 0.05) is 26.2 Å². The van der Waals surface area contributed by atoms with Crippen molar-refractivity contribution in [2.24, 2.45) is 4.99 Å². The quantitative estimate of drug-likeness (QED) is 0.361. The van der Waals surface area contributed by atoms with Crippen LogP contribution in [0.4, 0.5) is 0 Å². The molecule has 156 valence electrons. The molecule has 4 rings (SSSR count). The van der Waals surface area contributed by atoms with Crippen molar-refractivity contribution >= 4 is 5.96 Å². The number of para-hydroxylation sites is 2. The van der Waals surface area contributed by atoms with Crippen molar-refractivity contribution in [2.45, 2.75) is 32.3 Å². The fourth-order valence-corrected chi connectivity index (χ4v) is 3.74. The second-order valence-electron chi connectivity index (χ2n) is 7.56. The highest BCUT2D eigenvalue weighted by Gasteiger charge is 2.22. The zero-order chi connectivity index (χ0) is 20.8. The number of nitrogens with zero attached hydrogens (tertiary/aromatic N) is 3. The predicted octanol–water partition coefficient (Wildman–Crippen LogP) is 3.28. The van der Waals surface area contributed by atoms with E-state index in [1.165, 1.54) is 11.1 Å². The molecule has 1 aliphatic heterocycles. The topological polar surface area (TPSA) is 63.5 Å². The van der Waals surface area contributed by atoms with Gasteiger partial charge in [-0.3, -0.25) is 4.99 Å². The van der Waals surface area contributed by atoms with Gasteiger partial charge < -0.3 is 15.4 Å². The summed E-state index contributed by atoms with van der Waals surface area (Å²) in [7, 11) is 1.80. The van der Waals surface area contributed by atoms with Crippen LogP contribution < -0.4 is 15.4 Å². The van der Waals surface area contributed by atoms with Gasteiger partial charge in [-0.25, -0.2) is 4.68 Å². The molecule has 0 saturated carbocycles. The fourth-order valence-electron chi connectivity index (χ4n) is 3.74. The first-order valence-corrected chi connectivity index (χ1v) is 10.5. The van der Waals surface area contributed by atoms with Crippen LogP contribution in [0.25, 0.3) is 5.69 Å². The van der Waals surface area contributed by atoms with Crippen molar-refractivity contribution in [3.05, 3.63) is 77.6 Å². The number of guanidine groups is 1. The molecule has 0 bridgehead atoms. The number of nitrogens with one attached hydrogen (secondary N) is 2. The molecule has 30 heavy (non-hydrogen) atoms. The van der Waals surface area contributed by atoms with Crippen LogP contribution >= 0.6 is 0 Å². The van der Waals surface area contributed by atoms with E-state index in [2.05, 4.69) is 58.1 Å². The highest BCUT2D eigenvalue weighted by atomic mass is 16.5. The minimum Gasteiger partial charge on any atom is -0.488 e. The minimum absolute atomic E-state index is 0.146. The largest absolute Gasteiger partial charge is 0.488 e. The van der Waals surface area contributed by atoms with Crippen LogP contribution in [0.15, 0.2) is 65.8 Å². The Labute approximate surface area is 178 Å². The van der Waals surface area contributed by atoms with Gasteiger partial charge in [-0.2, -0.15) is 5.10 Å². The number of aromatic nitrogens is 2. The molecule has 2 N–H and O–H groups in total. The average molecular weight is 404 g/mol. The first kappa shape index (κ1) is 20.0. The van der Waals surface area contributed by atoms with E-state index in [0.29, 0.717) is 0 Å². The normalized spacial score (nSPS) is 15.5. The Balaban J connectivity index is 1.20. The van der Waals surface area contributed by atoms with Crippen LogP contribution in [-0.4, -0.2) is 42.0 Å². The molecule has 1 aliphatic rings. The van der Waals surface area contributed by atoms with Gasteiger partial charge in [0.1, 0.15) is 11.9 Å². The molecule has 0 fully saturated rings. The lowest BCUT2D eigenvalue weighted by molar-refractivity contribution is 0.235. The lowest BCUT2D eigenvalue weighted by Crippen LogP contribution is -2.42. The molecule has 1 unspecified atom stereocenters. The summed E-state index contributed by atoms with van der Waals surface area (Å²) in [5, 5.41) is 11.4. The smallest absolute Gasteiger partial charge is 0.191 e. The summed E-state index contributed by atoms with van der Waals surface area (Å²) in [5.41, 5.74) is 4.73. The molecule has 1 atom stereocenters. The van der Waals surface area contributed by atoms with Crippen LogP contribution in [0.3, 0.4) is 0 Å². The zero-order valence-corrected chi connectivity index (χ0v) is 17.6. The Hall–Kier alpha value is -3.28. The summed E-state index contributed by atoms with van der Waals surface area (Å²) in [6.45, 7) is 3.65. The predicted molar refractivity (Wildman–Crippen MR) is 121 cm³/mol. The molecule has 0 saturated heterocycles. The van der Waals surface area contributed by atoms with Crippen LogP contribution in [-0.2, 0) is 12.8 Å². The second kappa shape index (κ2) is 9.48. The maximum atomic E-state index is 5.98. The second-order valence-corrected chi connectivity index (χ2v) is 7.56. The van der Waals surface area contributed by atoms with E-state index in [0.717, 1.165) is 55.4 Å². The summed E-state index contributed by atoms with van der Waals surface area (Å²) >= 11 is 0. The third kappa shape index (κ3) is 4.82. The van der Waals surface area contributed by atoms with Crippen molar-refractivity contribution in [3.63, 3.8) is 0 Å². The maximum Gasteiger partial charge on any atom is 0.191 e. The van der Waals surface area contributed by atoms with E-state index in [1.807, 2.05) is 35.0 Å². The molecular formula is C24H29N5O. The Morgan fingerprint density at radius 1 is 1.13 bits per heavy atom. The van der Waals surface area contributed by atoms with Crippen LogP contribution in [0.2, 0.25) is 0 Å². The Morgan fingerprint density at radius 2 is 1.93 bits per heavy atom. The number of aliphatic imine (C=N–C) groups is 1. The number of benzene rings is 2. The van der Waals surface area contributed by atoms with Crippen molar-refractivity contribution in [2.75, 3.05) is 20.1 Å². The molecule has 0 radical (unpaired) electrons. The third-order valence-corrected chi connectivity index (χ3v) is 5.37. The van der Waals surface area contributed by atoms with Crippen molar-refractivity contribution < 1.29 is 4.74 Å². The van der Waals surface area contributed by atoms with E-state index in [-0.39, 0.29) is 6.10 Å². The summed E-state index contributed by atoms with van der Waals surface area (Å²) < 4.78 is 7.94. The van der Waals surface area contributed by atoms with E-state index in [9.17, 15) is 0 Å². The number of hydrogen-bond donors (Lipinski definition) is 2. The van der Waals surface area contributed by atoms with Crippen molar-refractivity contribution in [1.29, 1.82) is 0 Å². The molecule has 1 aromatic heterocycles. The van der Waals surface area contributed by atoms with Crippen LogP contribution in [0.5, 0.6) is 5.75 Å².